The summed E-state index contributed by atoms with van der Waals surface area (Å²) >= 11 is 0. The molecule has 0 bridgehead atoms. The van der Waals surface area contributed by atoms with Gasteiger partial charge in [-0.25, -0.2) is 0 Å². The molecule has 3 aromatic rings. The number of nitrogens with two attached hydrogens (primary N) is 1. The molecule has 1 heterocycles. The van der Waals surface area contributed by atoms with Crippen molar-refractivity contribution in [3.8, 4) is 11.4 Å². The number of nitrogens with one attached hydrogen (secondary N) is 1. The number of carbonyl (C=O) groups excluding carboxylic acids is 1. The number of para-hydroxylation sites is 1. The van der Waals surface area contributed by atoms with Gasteiger partial charge >= 0.3 is 0 Å². The lowest BCUT2D eigenvalue weighted by molar-refractivity contribution is -0.384. The van der Waals surface area contributed by atoms with Gasteiger partial charge in [-0.15, -0.1) is 0 Å². The van der Waals surface area contributed by atoms with Crippen molar-refractivity contribution >= 4 is 17.3 Å². The second kappa shape index (κ2) is 6.79. The van der Waals surface area contributed by atoms with Crippen LogP contribution in [0.3, 0.4) is 0 Å². The molecule has 0 aliphatic carbocycles. The van der Waals surface area contributed by atoms with E-state index in [4.69, 9.17) is 10.3 Å². The normalized spacial score (nSPS) is 10.4. The number of primary amides is 1. The molecule has 0 fully saturated rings. The predicted octanol–water partition coefficient (Wildman–Crippen LogP) is 2.36. The van der Waals surface area contributed by atoms with Crippen LogP contribution < -0.4 is 11.1 Å². The van der Waals surface area contributed by atoms with Crippen LogP contribution in [-0.4, -0.2) is 21.0 Å². The number of hydrogen-bond donors (Lipinski definition) is 2. The first-order valence-electron chi connectivity index (χ1n) is 7.24. The molecular formula is C16H13N5O4. The SMILES string of the molecule is NC(=O)c1ccccc1NCc1nc(-c2cccc([N+](=O)[O-])c2)no1. The third kappa shape index (κ3) is 3.61. The highest BCUT2D eigenvalue weighted by Crippen LogP contribution is 2.22. The van der Waals surface area contributed by atoms with E-state index >= 15 is 0 Å². The van der Waals surface area contributed by atoms with Crippen LogP contribution >= 0.6 is 0 Å². The summed E-state index contributed by atoms with van der Waals surface area (Å²) in [6.45, 7) is 0.173. The number of aromatic nitrogens is 2. The molecular weight excluding hydrogens is 326 g/mol. The fraction of sp³-hybridized carbons (Fsp3) is 0.0625. The lowest BCUT2D eigenvalue weighted by Crippen LogP contribution is -2.14. The molecule has 2 aromatic carbocycles. The van der Waals surface area contributed by atoms with E-state index in [0.717, 1.165) is 0 Å². The second-order valence-electron chi connectivity index (χ2n) is 5.08. The molecule has 0 saturated heterocycles. The molecule has 0 saturated carbocycles. The molecule has 25 heavy (non-hydrogen) atoms. The van der Waals surface area contributed by atoms with Gasteiger partial charge in [-0.3, -0.25) is 14.9 Å². The van der Waals surface area contributed by atoms with E-state index < -0.39 is 10.8 Å². The summed E-state index contributed by atoms with van der Waals surface area (Å²) in [6, 6.07) is 12.7. The molecule has 0 unspecified atom stereocenters. The van der Waals surface area contributed by atoms with Gasteiger partial charge in [-0.1, -0.05) is 29.4 Å². The van der Waals surface area contributed by atoms with Crippen LogP contribution in [0.25, 0.3) is 11.4 Å². The van der Waals surface area contributed by atoms with Crippen LogP contribution in [0.15, 0.2) is 53.1 Å². The van der Waals surface area contributed by atoms with E-state index in [0.29, 0.717) is 16.8 Å². The van der Waals surface area contributed by atoms with Crippen LogP contribution in [-0.2, 0) is 6.54 Å². The number of nitro benzene ring substituents is 1. The molecule has 0 spiro atoms. The molecule has 1 aromatic heterocycles. The molecule has 0 radical (unpaired) electrons. The largest absolute Gasteiger partial charge is 0.375 e. The zero-order chi connectivity index (χ0) is 17.8. The third-order valence-corrected chi connectivity index (χ3v) is 3.41. The Morgan fingerprint density at radius 3 is 2.80 bits per heavy atom. The fourth-order valence-electron chi connectivity index (χ4n) is 2.23. The van der Waals surface area contributed by atoms with E-state index in [9.17, 15) is 14.9 Å². The second-order valence-corrected chi connectivity index (χ2v) is 5.08. The summed E-state index contributed by atoms with van der Waals surface area (Å²) in [5, 5.41) is 17.6. The van der Waals surface area contributed by atoms with Crippen LogP contribution in [0.4, 0.5) is 11.4 Å². The summed E-state index contributed by atoms with van der Waals surface area (Å²) in [5.74, 6) is -0.0459. The summed E-state index contributed by atoms with van der Waals surface area (Å²) in [6.07, 6.45) is 0. The number of nitro groups is 1. The lowest BCUT2D eigenvalue weighted by Gasteiger charge is -2.07. The monoisotopic (exact) mass is 339 g/mol. The number of benzene rings is 2. The highest BCUT2D eigenvalue weighted by atomic mass is 16.6. The van der Waals surface area contributed by atoms with E-state index in [1.54, 1.807) is 36.4 Å². The van der Waals surface area contributed by atoms with Crippen molar-refractivity contribution < 1.29 is 14.2 Å². The number of non-ortho nitro benzene ring substituents is 1. The number of carbonyl (C=O) groups is 1. The average Bonchev–Trinajstić information content (AvgIpc) is 3.09. The molecule has 0 aliphatic rings. The van der Waals surface area contributed by atoms with Crippen molar-refractivity contribution in [1.29, 1.82) is 0 Å². The Balaban J connectivity index is 1.76. The Morgan fingerprint density at radius 2 is 2.04 bits per heavy atom. The van der Waals surface area contributed by atoms with Gasteiger partial charge in [0.25, 0.3) is 11.6 Å². The first-order chi connectivity index (χ1) is 12.0. The highest BCUT2D eigenvalue weighted by molar-refractivity contribution is 5.98. The molecule has 0 aliphatic heterocycles. The smallest absolute Gasteiger partial charge is 0.270 e. The molecule has 9 nitrogen and oxygen atoms in total. The van der Waals surface area contributed by atoms with Gasteiger partial charge < -0.3 is 15.6 Å². The molecule has 126 valence electrons. The zero-order valence-electron chi connectivity index (χ0n) is 12.9. The Labute approximate surface area is 141 Å². The van der Waals surface area contributed by atoms with Gasteiger partial charge in [0.2, 0.25) is 11.7 Å². The third-order valence-electron chi connectivity index (χ3n) is 3.41. The summed E-state index contributed by atoms with van der Waals surface area (Å²) < 4.78 is 5.13. The number of amides is 1. The Kier molecular flexibility index (Phi) is 4.38. The Bertz CT molecular complexity index is 938. The molecule has 1 amide bonds. The minimum absolute atomic E-state index is 0.0580. The van der Waals surface area contributed by atoms with Gasteiger partial charge in [0.1, 0.15) is 0 Å². The highest BCUT2D eigenvalue weighted by Gasteiger charge is 2.13. The van der Waals surface area contributed by atoms with Crippen molar-refractivity contribution in [3.63, 3.8) is 0 Å². The molecule has 9 heteroatoms. The lowest BCUT2D eigenvalue weighted by atomic mass is 10.1. The maximum absolute atomic E-state index is 11.4. The number of rotatable bonds is 6. The van der Waals surface area contributed by atoms with Crippen LogP contribution in [0, 0.1) is 10.1 Å². The maximum Gasteiger partial charge on any atom is 0.270 e. The topological polar surface area (TPSA) is 137 Å². The van der Waals surface area contributed by atoms with Crippen LogP contribution in [0.1, 0.15) is 16.2 Å². The van der Waals surface area contributed by atoms with Crippen molar-refractivity contribution in [1.82, 2.24) is 10.1 Å². The van der Waals surface area contributed by atoms with Crippen molar-refractivity contribution in [3.05, 3.63) is 70.1 Å². The summed E-state index contributed by atoms with van der Waals surface area (Å²) in [4.78, 5) is 25.9. The standard InChI is InChI=1S/C16H13N5O4/c17-15(22)12-6-1-2-7-13(12)18-9-14-19-16(20-25-14)10-4-3-5-11(8-10)21(23)24/h1-8,18H,9H2,(H2,17,22). The first-order valence-corrected chi connectivity index (χ1v) is 7.24. The van der Waals surface area contributed by atoms with Crippen molar-refractivity contribution in [2.45, 2.75) is 6.54 Å². The fourth-order valence-corrected chi connectivity index (χ4v) is 2.23. The maximum atomic E-state index is 11.4. The van der Waals surface area contributed by atoms with E-state index in [1.165, 1.54) is 12.1 Å². The van der Waals surface area contributed by atoms with Crippen molar-refractivity contribution in [2.24, 2.45) is 5.73 Å². The van der Waals surface area contributed by atoms with Crippen LogP contribution in [0.5, 0.6) is 0 Å². The van der Waals surface area contributed by atoms with Gasteiger partial charge in [-0.2, -0.15) is 4.98 Å². The summed E-state index contributed by atoms with van der Waals surface area (Å²) in [5.41, 5.74) is 6.63. The van der Waals surface area contributed by atoms with Gasteiger partial charge in [0, 0.05) is 23.4 Å². The first kappa shape index (κ1) is 16.1. The molecule has 3 N–H and O–H groups in total. The Hall–Kier alpha value is -3.75. The quantitative estimate of drug-likeness (QED) is 0.519. The number of anilines is 1. The van der Waals surface area contributed by atoms with Gasteiger partial charge in [0.05, 0.1) is 17.0 Å². The minimum atomic E-state index is -0.550. The number of nitrogens with zero attached hydrogens (tertiary/aromatic N) is 3. The van der Waals surface area contributed by atoms with Gasteiger partial charge in [-0.05, 0) is 12.1 Å². The summed E-state index contributed by atoms with van der Waals surface area (Å²) in [7, 11) is 0. The average molecular weight is 339 g/mol. The minimum Gasteiger partial charge on any atom is -0.375 e. The van der Waals surface area contributed by atoms with E-state index in [-0.39, 0.29) is 23.9 Å². The number of hydrogen-bond acceptors (Lipinski definition) is 7. The Morgan fingerprint density at radius 1 is 1.24 bits per heavy atom. The van der Waals surface area contributed by atoms with E-state index in [1.807, 2.05) is 0 Å². The van der Waals surface area contributed by atoms with Gasteiger partial charge in [0.15, 0.2) is 0 Å². The zero-order valence-corrected chi connectivity index (χ0v) is 12.9. The molecule has 3 rings (SSSR count). The van der Waals surface area contributed by atoms with E-state index in [2.05, 4.69) is 15.5 Å². The van der Waals surface area contributed by atoms with Crippen LogP contribution in [0.2, 0.25) is 0 Å². The van der Waals surface area contributed by atoms with Crippen molar-refractivity contribution in [2.75, 3.05) is 5.32 Å². The predicted molar refractivity (Wildman–Crippen MR) is 88.7 cm³/mol. The molecule has 0 atom stereocenters.